The zero-order valence-electron chi connectivity index (χ0n) is 5.77. The monoisotopic (exact) mass is 188 g/mol. The predicted molar refractivity (Wildman–Crippen MR) is 40.4 cm³/mol. The maximum absolute atomic E-state index is 4.23. The van der Waals surface area contributed by atoms with Crippen LogP contribution >= 0.6 is 15.9 Å². The normalized spacial score (nSPS) is 10.2. The van der Waals surface area contributed by atoms with Crippen molar-refractivity contribution in [2.45, 2.75) is 13.8 Å². The first-order valence-corrected chi connectivity index (χ1v) is 3.57. The molecule has 50 valence electrons. The SMILES string of the molecule is Cc1nc(C)n(C)c1Br. The molecule has 0 aromatic carbocycles. The number of hydrogen-bond acceptors (Lipinski definition) is 1. The quantitative estimate of drug-likeness (QED) is 0.608. The topological polar surface area (TPSA) is 17.8 Å². The fourth-order valence-electron chi connectivity index (χ4n) is 0.749. The molecule has 9 heavy (non-hydrogen) atoms. The van der Waals surface area contributed by atoms with Crippen LogP contribution in [0.3, 0.4) is 0 Å². The van der Waals surface area contributed by atoms with Crippen molar-refractivity contribution in [3.05, 3.63) is 16.1 Å². The van der Waals surface area contributed by atoms with Crippen molar-refractivity contribution in [1.29, 1.82) is 0 Å². The molecule has 0 unspecified atom stereocenters. The number of imidazole rings is 1. The molecule has 0 saturated heterocycles. The molecule has 1 heterocycles. The van der Waals surface area contributed by atoms with Crippen molar-refractivity contribution in [1.82, 2.24) is 9.55 Å². The van der Waals surface area contributed by atoms with E-state index in [0.717, 1.165) is 16.1 Å². The van der Waals surface area contributed by atoms with Crippen LogP contribution in [0.25, 0.3) is 0 Å². The van der Waals surface area contributed by atoms with Gasteiger partial charge in [0.2, 0.25) is 0 Å². The van der Waals surface area contributed by atoms with Gasteiger partial charge < -0.3 is 4.57 Å². The molecule has 3 heteroatoms. The van der Waals surface area contributed by atoms with Gasteiger partial charge >= 0.3 is 0 Å². The Morgan fingerprint density at radius 1 is 1.44 bits per heavy atom. The highest BCUT2D eigenvalue weighted by atomic mass is 79.9. The van der Waals surface area contributed by atoms with Crippen LogP contribution in [0.2, 0.25) is 0 Å². The van der Waals surface area contributed by atoms with Crippen LogP contribution in [0.5, 0.6) is 0 Å². The molecule has 2 nitrogen and oxygen atoms in total. The molecular weight excluding hydrogens is 180 g/mol. The third-order valence-corrected chi connectivity index (χ3v) is 2.51. The van der Waals surface area contributed by atoms with Gasteiger partial charge in [-0.3, -0.25) is 0 Å². The smallest absolute Gasteiger partial charge is 0.107 e. The van der Waals surface area contributed by atoms with E-state index >= 15 is 0 Å². The highest BCUT2D eigenvalue weighted by Crippen LogP contribution is 2.14. The minimum atomic E-state index is 1.04. The highest BCUT2D eigenvalue weighted by molar-refractivity contribution is 9.10. The molecule has 0 aliphatic carbocycles. The van der Waals surface area contributed by atoms with Crippen LogP contribution in [0.15, 0.2) is 4.60 Å². The van der Waals surface area contributed by atoms with Gasteiger partial charge in [-0.2, -0.15) is 0 Å². The zero-order chi connectivity index (χ0) is 7.02. The maximum atomic E-state index is 4.23. The van der Waals surface area contributed by atoms with Gasteiger partial charge in [0.05, 0.1) is 5.69 Å². The Kier molecular flexibility index (Phi) is 1.62. The molecule has 0 aliphatic heterocycles. The minimum absolute atomic E-state index is 1.04. The van der Waals surface area contributed by atoms with E-state index in [4.69, 9.17) is 0 Å². The van der Waals surface area contributed by atoms with Crippen LogP contribution in [0.4, 0.5) is 0 Å². The van der Waals surface area contributed by atoms with Crippen molar-refractivity contribution in [2.24, 2.45) is 7.05 Å². The number of aromatic nitrogens is 2. The van der Waals surface area contributed by atoms with Gasteiger partial charge in [0.25, 0.3) is 0 Å². The van der Waals surface area contributed by atoms with Gasteiger partial charge in [-0.15, -0.1) is 0 Å². The summed E-state index contributed by atoms with van der Waals surface area (Å²) in [4.78, 5) is 4.23. The number of aryl methyl sites for hydroxylation is 2. The second kappa shape index (κ2) is 2.14. The second-order valence-electron chi connectivity index (χ2n) is 2.09. The van der Waals surface area contributed by atoms with Gasteiger partial charge in [0, 0.05) is 7.05 Å². The Morgan fingerprint density at radius 3 is 2.11 bits per heavy atom. The van der Waals surface area contributed by atoms with E-state index in [1.165, 1.54) is 0 Å². The lowest BCUT2D eigenvalue weighted by molar-refractivity contribution is 0.839. The van der Waals surface area contributed by atoms with E-state index < -0.39 is 0 Å². The van der Waals surface area contributed by atoms with Crippen molar-refractivity contribution in [2.75, 3.05) is 0 Å². The third-order valence-electron chi connectivity index (χ3n) is 1.41. The lowest BCUT2D eigenvalue weighted by Gasteiger charge is -1.93. The van der Waals surface area contributed by atoms with Crippen LogP contribution in [0.1, 0.15) is 11.5 Å². The summed E-state index contributed by atoms with van der Waals surface area (Å²) in [5, 5.41) is 0. The van der Waals surface area contributed by atoms with Gasteiger partial charge in [-0.05, 0) is 29.8 Å². The summed E-state index contributed by atoms with van der Waals surface area (Å²) in [7, 11) is 1.99. The predicted octanol–water partition coefficient (Wildman–Crippen LogP) is 1.80. The fraction of sp³-hybridized carbons (Fsp3) is 0.500. The van der Waals surface area contributed by atoms with Crippen LogP contribution in [-0.2, 0) is 7.05 Å². The van der Waals surface area contributed by atoms with E-state index in [9.17, 15) is 0 Å². The summed E-state index contributed by atoms with van der Waals surface area (Å²) in [5.74, 6) is 1.04. The number of rotatable bonds is 0. The largest absolute Gasteiger partial charge is 0.326 e. The molecule has 1 aromatic rings. The van der Waals surface area contributed by atoms with Gasteiger partial charge in [-0.25, -0.2) is 4.98 Å². The van der Waals surface area contributed by atoms with E-state index in [1.807, 2.05) is 25.5 Å². The third kappa shape index (κ3) is 1.01. The molecular formula is C6H9BrN2. The summed E-state index contributed by atoms with van der Waals surface area (Å²) < 4.78 is 3.08. The summed E-state index contributed by atoms with van der Waals surface area (Å²) in [6, 6.07) is 0. The average molecular weight is 189 g/mol. The van der Waals surface area contributed by atoms with Crippen molar-refractivity contribution in [3.8, 4) is 0 Å². The zero-order valence-corrected chi connectivity index (χ0v) is 7.36. The maximum Gasteiger partial charge on any atom is 0.107 e. The summed E-state index contributed by atoms with van der Waals surface area (Å²) in [5.41, 5.74) is 1.05. The first-order valence-electron chi connectivity index (χ1n) is 2.78. The lowest BCUT2D eigenvalue weighted by atomic mass is 10.6. The van der Waals surface area contributed by atoms with Gasteiger partial charge in [0.1, 0.15) is 10.4 Å². The molecule has 0 N–H and O–H groups in total. The Morgan fingerprint density at radius 2 is 2.00 bits per heavy atom. The number of hydrogen-bond donors (Lipinski definition) is 0. The van der Waals surface area contributed by atoms with Crippen LogP contribution in [-0.4, -0.2) is 9.55 Å². The number of halogens is 1. The van der Waals surface area contributed by atoms with Crippen LogP contribution in [0, 0.1) is 13.8 Å². The molecule has 1 aromatic heterocycles. The Balaban J connectivity index is 3.29. The minimum Gasteiger partial charge on any atom is -0.326 e. The van der Waals surface area contributed by atoms with E-state index in [2.05, 4.69) is 20.9 Å². The fourth-order valence-corrected chi connectivity index (χ4v) is 1.09. The van der Waals surface area contributed by atoms with E-state index in [1.54, 1.807) is 0 Å². The van der Waals surface area contributed by atoms with Crippen molar-refractivity contribution < 1.29 is 0 Å². The molecule has 0 fully saturated rings. The molecule has 0 saturated carbocycles. The van der Waals surface area contributed by atoms with Crippen molar-refractivity contribution in [3.63, 3.8) is 0 Å². The van der Waals surface area contributed by atoms with Crippen LogP contribution < -0.4 is 0 Å². The summed E-state index contributed by atoms with van der Waals surface area (Å²) in [6.07, 6.45) is 0. The standard InChI is InChI=1S/C6H9BrN2/c1-4-6(7)9(3)5(2)8-4/h1-3H3. The average Bonchev–Trinajstić information content (AvgIpc) is 1.98. The summed E-state index contributed by atoms with van der Waals surface area (Å²) in [6.45, 7) is 3.97. The van der Waals surface area contributed by atoms with Gasteiger partial charge in [0.15, 0.2) is 0 Å². The highest BCUT2D eigenvalue weighted by Gasteiger charge is 2.02. The lowest BCUT2D eigenvalue weighted by Crippen LogP contribution is -1.89. The molecule has 0 bridgehead atoms. The molecule has 0 spiro atoms. The molecule has 0 aliphatic rings. The second-order valence-corrected chi connectivity index (χ2v) is 2.85. The molecule has 0 amide bonds. The first kappa shape index (κ1) is 6.81. The Hall–Kier alpha value is -0.310. The Labute approximate surface area is 63.0 Å². The van der Waals surface area contributed by atoms with Gasteiger partial charge in [-0.1, -0.05) is 0 Å². The van der Waals surface area contributed by atoms with E-state index in [-0.39, 0.29) is 0 Å². The van der Waals surface area contributed by atoms with Crippen molar-refractivity contribution >= 4 is 15.9 Å². The first-order chi connectivity index (χ1) is 4.13. The summed E-state index contributed by atoms with van der Waals surface area (Å²) >= 11 is 3.40. The molecule has 1 rings (SSSR count). The Bertz CT molecular complexity index is 205. The molecule has 0 radical (unpaired) electrons. The number of nitrogens with zero attached hydrogens (tertiary/aromatic N) is 2. The van der Waals surface area contributed by atoms with E-state index in [0.29, 0.717) is 0 Å². The molecule has 0 atom stereocenters.